The van der Waals surface area contributed by atoms with Crippen molar-refractivity contribution in [2.75, 3.05) is 11.9 Å². The Hall–Kier alpha value is -2.41. The number of nitrogens with zero attached hydrogens (tertiary/aromatic N) is 3. The Bertz CT molecular complexity index is 684. The highest BCUT2D eigenvalue weighted by atomic mass is 16.3. The summed E-state index contributed by atoms with van der Waals surface area (Å²) in [6, 6.07) is 7.22. The van der Waals surface area contributed by atoms with E-state index < -0.39 is 6.10 Å². The van der Waals surface area contributed by atoms with Gasteiger partial charge in [-0.05, 0) is 32.4 Å². The molecule has 0 unspecified atom stereocenters. The van der Waals surface area contributed by atoms with E-state index in [-0.39, 0.29) is 12.1 Å². The first-order valence-electron chi connectivity index (χ1n) is 7.28. The first-order valence-corrected chi connectivity index (χ1v) is 7.28. The first kappa shape index (κ1) is 14.5. The molecule has 2 atom stereocenters. The molecule has 0 spiro atoms. The number of aliphatic hydroxyl groups excluding tert-OH is 1. The monoisotopic (exact) mass is 301 g/mol. The number of aryl methyl sites for hydroxylation is 1. The van der Waals surface area contributed by atoms with Gasteiger partial charge in [0.2, 0.25) is 0 Å². The Balaban J connectivity index is 1.74. The molecule has 0 saturated carbocycles. The van der Waals surface area contributed by atoms with Gasteiger partial charge in [0.15, 0.2) is 5.82 Å². The van der Waals surface area contributed by atoms with E-state index in [1.807, 2.05) is 38.1 Å². The summed E-state index contributed by atoms with van der Waals surface area (Å²) in [6.07, 6.45) is 0.174. The zero-order chi connectivity index (χ0) is 15.7. The average molecular weight is 301 g/mol. The van der Waals surface area contributed by atoms with Crippen LogP contribution in [0.1, 0.15) is 19.2 Å². The number of anilines is 1. The van der Waals surface area contributed by atoms with Crippen molar-refractivity contribution in [2.24, 2.45) is 0 Å². The number of aliphatic hydroxyl groups is 1. The maximum absolute atomic E-state index is 12.3. The number of urea groups is 1. The SMILES string of the molecule is Cc1nc(-c2cccc(NC(=O)N3C[C@@H](O)C[C@H]3C)c2)n[nH]1. The molecule has 1 aromatic carbocycles. The molecule has 7 nitrogen and oxygen atoms in total. The van der Waals surface area contributed by atoms with Gasteiger partial charge < -0.3 is 15.3 Å². The zero-order valence-corrected chi connectivity index (χ0v) is 12.6. The van der Waals surface area contributed by atoms with E-state index in [9.17, 15) is 9.90 Å². The molecule has 0 aliphatic carbocycles. The lowest BCUT2D eigenvalue weighted by molar-refractivity contribution is 0.176. The highest BCUT2D eigenvalue weighted by Crippen LogP contribution is 2.22. The summed E-state index contributed by atoms with van der Waals surface area (Å²) in [5.74, 6) is 1.34. The van der Waals surface area contributed by atoms with Crippen LogP contribution >= 0.6 is 0 Å². The molecule has 3 rings (SSSR count). The predicted molar refractivity (Wildman–Crippen MR) is 82.4 cm³/mol. The fourth-order valence-electron chi connectivity index (χ4n) is 2.69. The topological polar surface area (TPSA) is 94.1 Å². The predicted octanol–water partition coefficient (Wildman–Crippen LogP) is 1.77. The van der Waals surface area contributed by atoms with Crippen LogP contribution in [-0.4, -0.2) is 49.9 Å². The van der Waals surface area contributed by atoms with E-state index in [1.165, 1.54) is 0 Å². The van der Waals surface area contributed by atoms with E-state index in [1.54, 1.807) is 4.90 Å². The van der Waals surface area contributed by atoms with Gasteiger partial charge in [-0.3, -0.25) is 5.10 Å². The van der Waals surface area contributed by atoms with Crippen molar-refractivity contribution < 1.29 is 9.90 Å². The van der Waals surface area contributed by atoms with Crippen molar-refractivity contribution in [2.45, 2.75) is 32.4 Å². The number of carbonyl (C=O) groups is 1. The molecule has 3 N–H and O–H groups in total. The van der Waals surface area contributed by atoms with E-state index >= 15 is 0 Å². The van der Waals surface area contributed by atoms with Crippen LogP contribution in [0.4, 0.5) is 10.5 Å². The minimum Gasteiger partial charge on any atom is -0.391 e. The molecule has 2 amide bonds. The lowest BCUT2D eigenvalue weighted by Crippen LogP contribution is -2.37. The van der Waals surface area contributed by atoms with Crippen molar-refractivity contribution in [1.82, 2.24) is 20.1 Å². The summed E-state index contributed by atoms with van der Waals surface area (Å²) >= 11 is 0. The van der Waals surface area contributed by atoms with Crippen molar-refractivity contribution in [3.63, 3.8) is 0 Å². The number of nitrogens with one attached hydrogen (secondary N) is 2. The molecule has 22 heavy (non-hydrogen) atoms. The van der Waals surface area contributed by atoms with Crippen LogP contribution in [0.3, 0.4) is 0 Å². The third-order valence-corrected chi connectivity index (χ3v) is 3.78. The summed E-state index contributed by atoms with van der Waals surface area (Å²) in [7, 11) is 0. The summed E-state index contributed by atoms with van der Waals surface area (Å²) in [4.78, 5) is 18.2. The number of β-amino-alcohol motifs (C(OH)–C–C–N with tert-alkyl or cyclic N) is 1. The van der Waals surface area contributed by atoms with Crippen LogP contribution in [-0.2, 0) is 0 Å². The number of amides is 2. The molecule has 2 aromatic rings. The van der Waals surface area contributed by atoms with Gasteiger partial charge >= 0.3 is 6.03 Å². The maximum Gasteiger partial charge on any atom is 0.322 e. The van der Waals surface area contributed by atoms with Gasteiger partial charge in [0.05, 0.1) is 6.10 Å². The minimum atomic E-state index is -0.441. The molecular weight excluding hydrogens is 282 g/mol. The number of aromatic nitrogens is 3. The van der Waals surface area contributed by atoms with Crippen LogP contribution < -0.4 is 5.32 Å². The van der Waals surface area contributed by atoms with E-state index in [4.69, 9.17) is 0 Å². The number of benzene rings is 1. The number of hydrogen-bond donors (Lipinski definition) is 3. The Morgan fingerprint density at radius 2 is 2.32 bits per heavy atom. The fourth-order valence-corrected chi connectivity index (χ4v) is 2.69. The van der Waals surface area contributed by atoms with E-state index in [0.29, 0.717) is 24.5 Å². The molecule has 1 fully saturated rings. The smallest absolute Gasteiger partial charge is 0.322 e. The van der Waals surface area contributed by atoms with Crippen molar-refractivity contribution in [3.8, 4) is 11.4 Å². The Kier molecular flexibility index (Phi) is 3.81. The molecule has 1 aliphatic heterocycles. The summed E-state index contributed by atoms with van der Waals surface area (Å²) in [5.41, 5.74) is 1.51. The average Bonchev–Trinajstić information content (AvgIpc) is 3.05. The highest BCUT2D eigenvalue weighted by molar-refractivity contribution is 5.90. The second kappa shape index (κ2) is 5.76. The molecule has 2 heterocycles. The van der Waals surface area contributed by atoms with Crippen molar-refractivity contribution in [1.29, 1.82) is 0 Å². The minimum absolute atomic E-state index is 0.0360. The van der Waals surface area contributed by atoms with Gasteiger partial charge in [-0.1, -0.05) is 12.1 Å². The van der Waals surface area contributed by atoms with Crippen LogP contribution in [0.25, 0.3) is 11.4 Å². The van der Waals surface area contributed by atoms with Crippen LogP contribution in [0.15, 0.2) is 24.3 Å². The zero-order valence-electron chi connectivity index (χ0n) is 12.6. The third kappa shape index (κ3) is 2.94. The third-order valence-electron chi connectivity index (χ3n) is 3.78. The van der Waals surface area contributed by atoms with Crippen LogP contribution in [0, 0.1) is 6.92 Å². The van der Waals surface area contributed by atoms with Gasteiger partial charge in [0.25, 0.3) is 0 Å². The Morgan fingerprint density at radius 3 is 2.95 bits per heavy atom. The first-order chi connectivity index (χ1) is 10.5. The highest BCUT2D eigenvalue weighted by Gasteiger charge is 2.31. The molecule has 7 heteroatoms. The molecule has 1 aromatic heterocycles. The molecule has 0 radical (unpaired) electrons. The molecule has 1 saturated heterocycles. The van der Waals surface area contributed by atoms with Crippen LogP contribution in [0.5, 0.6) is 0 Å². The standard InChI is InChI=1S/C15H19N5O2/c1-9-6-13(21)8-20(9)15(22)17-12-5-3-4-11(7-12)14-16-10(2)18-19-14/h3-5,7,9,13,21H,6,8H2,1-2H3,(H,17,22)(H,16,18,19)/t9-,13+/m1/s1. The number of carbonyl (C=O) groups excluding carboxylic acids is 1. The number of rotatable bonds is 2. The van der Waals surface area contributed by atoms with Crippen molar-refractivity contribution in [3.05, 3.63) is 30.1 Å². The van der Waals surface area contributed by atoms with Gasteiger partial charge in [0.1, 0.15) is 5.82 Å². The summed E-state index contributed by atoms with van der Waals surface area (Å²) in [5, 5.41) is 19.4. The van der Waals surface area contributed by atoms with Crippen molar-refractivity contribution >= 4 is 11.7 Å². The van der Waals surface area contributed by atoms with Crippen LogP contribution in [0.2, 0.25) is 0 Å². The van der Waals surface area contributed by atoms with Gasteiger partial charge in [-0.2, -0.15) is 5.10 Å². The Morgan fingerprint density at radius 1 is 1.50 bits per heavy atom. The number of aromatic amines is 1. The molecular formula is C15H19N5O2. The largest absolute Gasteiger partial charge is 0.391 e. The number of H-pyrrole nitrogens is 1. The second-order valence-corrected chi connectivity index (χ2v) is 5.65. The summed E-state index contributed by atoms with van der Waals surface area (Å²) in [6.45, 7) is 4.14. The lowest BCUT2D eigenvalue weighted by Gasteiger charge is -2.21. The quantitative estimate of drug-likeness (QED) is 0.788. The maximum atomic E-state index is 12.3. The van der Waals surface area contributed by atoms with Gasteiger partial charge in [-0.15, -0.1) is 0 Å². The van der Waals surface area contributed by atoms with Gasteiger partial charge in [-0.25, -0.2) is 9.78 Å². The summed E-state index contributed by atoms with van der Waals surface area (Å²) < 4.78 is 0. The fraction of sp³-hybridized carbons (Fsp3) is 0.400. The molecule has 0 bridgehead atoms. The normalized spacial score (nSPS) is 21.1. The van der Waals surface area contributed by atoms with Gasteiger partial charge in [0, 0.05) is 23.8 Å². The number of likely N-dealkylation sites (tertiary alicyclic amines) is 1. The van der Waals surface area contributed by atoms with E-state index in [2.05, 4.69) is 20.5 Å². The lowest BCUT2D eigenvalue weighted by atomic mass is 10.2. The second-order valence-electron chi connectivity index (χ2n) is 5.65. The number of hydrogen-bond acceptors (Lipinski definition) is 4. The van der Waals surface area contributed by atoms with E-state index in [0.717, 1.165) is 11.4 Å². The molecule has 1 aliphatic rings. The Labute approximate surface area is 128 Å². The molecule has 116 valence electrons.